The van der Waals surface area contributed by atoms with Crippen LogP contribution in [-0.4, -0.2) is 20.6 Å². The summed E-state index contributed by atoms with van der Waals surface area (Å²) in [5.41, 5.74) is 4.88. The minimum absolute atomic E-state index is 0.202. The highest BCUT2D eigenvalue weighted by Crippen LogP contribution is 2.22. The molecule has 2 nitrogen and oxygen atoms in total. The van der Waals surface area contributed by atoms with E-state index in [-0.39, 0.29) is 11.9 Å². The van der Waals surface area contributed by atoms with Crippen molar-refractivity contribution in [3.63, 3.8) is 0 Å². The van der Waals surface area contributed by atoms with Crippen molar-refractivity contribution in [2.75, 3.05) is 25.5 Å². The molecule has 0 aliphatic rings. The number of rotatable bonds is 5. The van der Waals surface area contributed by atoms with Gasteiger partial charge in [-0.2, -0.15) is 0 Å². The van der Waals surface area contributed by atoms with Crippen LogP contribution in [0.15, 0.2) is 42.5 Å². The fourth-order valence-corrected chi connectivity index (χ4v) is 2.56. The predicted octanol–water partition coefficient (Wildman–Crippen LogP) is 3.84. The van der Waals surface area contributed by atoms with Crippen LogP contribution in [0.2, 0.25) is 0 Å². The van der Waals surface area contributed by atoms with Gasteiger partial charge in [0.1, 0.15) is 5.82 Å². The van der Waals surface area contributed by atoms with Crippen LogP contribution in [0.1, 0.15) is 22.7 Å². The second-order valence-corrected chi connectivity index (χ2v) is 5.56. The molecule has 2 aromatic carbocycles. The van der Waals surface area contributed by atoms with Gasteiger partial charge in [-0.15, -0.1) is 0 Å². The molecule has 0 saturated carbocycles. The molecule has 1 unspecified atom stereocenters. The number of nitrogens with zero attached hydrogens (tertiary/aromatic N) is 1. The lowest BCUT2D eigenvalue weighted by atomic mass is 9.98. The first-order valence-electron chi connectivity index (χ1n) is 7.22. The van der Waals surface area contributed by atoms with Crippen molar-refractivity contribution in [1.29, 1.82) is 0 Å². The van der Waals surface area contributed by atoms with Crippen LogP contribution < -0.4 is 10.2 Å². The lowest BCUT2D eigenvalue weighted by molar-refractivity contribution is 0.585. The van der Waals surface area contributed by atoms with E-state index in [1.54, 1.807) is 0 Å². The smallest absolute Gasteiger partial charge is 0.123 e. The SMILES string of the molecule is CNC(CN(C)c1ccc(F)cc1)c1cc(C)ccc1C. The van der Waals surface area contributed by atoms with Crippen molar-refractivity contribution in [1.82, 2.24) is 5.32 Å². The molecule has 1 atom stereocenters. The first-order valence-corrected chi connectivity index (χ1v) is 7.22. The van der Waals surface area contributed by atoms with Gasteiger partial charge in [0.15, 0.2) is 0 Å². The van der Waals surface area contributed by atoms with Gasteiger partial charge in [0.05, 0.1) is 0 Å². The number of benzene rings is 2. The molecule has 0 bridgehead atoms. The maximum Gasteiger partial charge on any atom is 0.123 e. The average molecular weight is 286 g/mol. The molecule has 0 aliphatic heterocycles. The quantitative estimate of drug-likeness (QED) is 0.898. The monoisotopic (exact) mass is 286 g/mol. The number of hydrogen-bond acceptors (Lipinski definition) is 2. The van der Waals surface area contributed by atoms with E-state index in [4.69, 9.17) is 0 Å². The zero-order valence-electron chi connectivity index (χ0n) is 13.2. The van der Waals surface area contributed by atoms with Gasteiger partial charge in [-0.05, 0) is 56.3 Å². The number of nitrogens with one attached hydrogen (secondary N) is 1. The molecular weight excluding hydrogens is 263 g/mol. The highest BCUT2D eigenvalue weighted by Gasteiger charge is 2.15. The average Bonchev–Trinajstić information content (AvgIpc) is 2.48. The van der Waals surface area contributed by atoms with Gasteiger partial charge in [-0.3, -0.25) is 0 Å². The van der Waals surface area contributed by atoms with Crippen LogP contribution in [0.5, 0.6) is 0 Å². The van der Waals surface area contributed by atoms with Gasteiger partial charge in [0.25, 0.3) is 0 Å². The third-order valence-electron chi connectivity index (χ3n) is 3.88. The van der Waals surface area contributed by atoms with Gasteiger partial charge >= 0.3 is 0 Å². The number of likely N-dealkylation sites (N-methyl/N-ethyl adjacent to an activating group) is 2. The fourth-order valence-electron chi connectivity index (χ4n) is 2.56. The summed E-state index contributed by atoms with van der Waals surface area (Å²) in [5, 5.41) is 3.38. The summed E-state index contributed by atoms with van der Waals surface area (Å²) < 4.78 is 13.0. The third kappa shape index (κ3) is 3.82. The van der Waals surface area contributed by atoms with E-state index in [0.717, 1.165) is 12.2 Å². The van der Waals surface area contributed by atoms with Crippen LogP contribution in [0.3, 0.4) is 0 Å². The first kappa shape index (κ1) is 15.5. The van der Waals surface area contributed by atoms with E-state index in [2.05, 4.69) is 42.3 Å². The minimum Gasteiger partial charge on any atom is -0.373 e. The fraction of sp³-hybridized carbons (Fsp3) is 0.333. The Hall–Kier alpha value is -1.87. The molecule has 2 aromatic rings. The van der Waals surface area contributed by atoms with Gasteiger partial charge in [0.2, 0.25) is 0 Å². The van der Waals surface area contributed by atoms with E-state index in [0.29, 0.717) is 0 Å². The van der Waals surface area contributed by atoms with E-state index >= 15 is 0 Å². The molecule has 0 radical (unpaired) electrons. The Bertz CT molecular complexity index is 593. The van der Waals surface area contributed by atoms with Crippen LogP contribution >= 0.6 is 0 Å². The van der Waals surface area contributed by atoms with Crippen molar-refractivity contribution < 1.29 is 4.39 Å². The van der Waals surface area contributed by atoms with E-state index in [1.165, 1.54) is 28.8 Å². The number of hydrogen-bond donors (Lipinski definition) is 1. The van der Waals surface area contributed by atoms with Crippen molar-refractivity contribution in [2.45, 2.75) is 19.9 Å². The summed E-state index contributed by atoms with van der Waals surface area (Å²) in [7, 11) is 4.01. The summed E-state index contributed by atoms with van der Waals surface area (Å²) in [5.74, 6) is -0.202. The largest absolute Gasteiger partial charge is 0.373 e. The summed E-state index contributed by atoms with van der Waals surface area (Å²) in [6.07, 6.45) is 0. The van der Waals surface area contributed by atoms with E-state index in [1.807, 2.05) is 26.2 Å². The molecule has 3 heteroatoms. The highest BCUT2D eigenvalue weighted by atomic mass is 19.1. The first-order chi connectivity index (χ1) is 10.0. The van der Waals surface area contributed by atoms with Gasteiger partial charge in [-0.1, -0.05) is 23.8 Å². The lowest BCUT2D eigenvalue weighted by Gasteiger charge is -2.27. The van der Waals surface area contributed by atoms with Crippen LogP contribution in [0.4, 0.5) is 10.1 Å². The lowest BCUT2D eigenvalue weighted by Crippen LogP contribution is -2.31. The number of anilines is 1. The Morgan fingerprint density at radius 1 is 1.10 bits per heavy atom. The van der Waals surface area contributed by atoms with Crippen LogP contribution in [0, 0.1) is 19.7 Å². The zero-order chi connectivity index (χ0) is 15.4. The zero-order valence-corrected chi connectivity index (χ0v) is 13.2. The maximum atomic E-state index is 13.0. The molecule has 0 amide bonds. The summed E-state index contributed by atoms with van der Waals surface area (Å²) in [6.45, 7) is 5.07. The van der Waals surface area contributed by atoms with Crippen molar-refractivity contribution in [2.24, 2.45) is 0 Å². The number of halogens is 1. The second kappa shape index (κ2) is 6.72. The number of aryl methyl sites for hydroxylation is 2. The Morgan fingerprint density at radius 3 is 2.38 bits per heavy atom. The second-order valence-electron chi connectivity index (χ2n) is 5.56. The minimum atomic E-state index is -0.202. The molecule has 0 aliphatic carbocycles. The normalized spacial score (nSPS) is 12.2. The van der Waals surface area contributed by atoms with Crippen LogP contribution in [-0.2, 0) is 0 Å². The van der Waals surface area contributed by atoms with Gasteiger partial charge in [0, 0.05) is 25.3 Å². The molecule has 21 heavy (non-hydrogen) atoms. The molecular formula is C18H23FN2. The Morgan fingerprint density at radius 2 is 1.76 bits per heavy atom. The van der Waals surface area contributed by atoms with Crippen molar-refractivity contribution in [3.05, 3.63) is 65.0 Å². The van der Waals surface area contributed by atoms with Crippen molar-refractivity contribution in [3.8, 4) is 0 Å². The van der Waals surface area contributed by atoms with E-state index in [9.17, 15) is 4.39 Å². The standard InChI is InChI=1S/C18H23FN2/c1-13-5-6-14(2)17(11-13)18(20-3)12-21(4)16-9-7-15(19)8-10-16/h5-11,18,20H,12H2,1-4H3. The molecule has 1 N–H and O–H groups in total. The van der Waals surface area contributed by atoms with E-state index < -0.39 is 0 Å². The Labute approximate surface area is 126 Å². The molecule has 0 saturated heterocycles. The van der Waals surface area contributed by atoms with Gasteiger partial charge < -0.3 is 10.2 Å². The molecule has 112 valence electrons. The molecule has 0 aromatic heterocycles. The van der Waals surface area contributed by atoms with Crippen LogP contribution in [0.25, 0.3) is 0 Å². The topological polar surface area (TPSA) is 15.3 Å². The Kier molecular flexibility index (Phi) is 4.97. The highest BCUT2D eigenvalue weighted by molar-refractivity contribution is 5.46. The molecule has 0 heterocycles. The predicted molar refractivity (Wildman–Crippen MR) is 87.4 cm³/mol. The summed E-state index contributed by atoms with van der Waals surface area (Å²) in [4.78, 5) is 2.14. The van der Waals surface area contributed by atoms with Crippen molar-refractivity contribution >= 4 is 5.69 Å². The van der Waals surface area contributed by atoms with Gasteiger partial charge in [-0.25, -0.2) is 4.39 Å². The summed E-state index contributed by atoms with van der Waals surface area (Å²) >= 11 is 0. The molecule has 2 rings (SSSR count). The Balaban J connectivity index is 2.18. The molecule has 0 spiro atoms. The summed E-state index contributed by atoms with van der Waals surface area (Å²) in [6, 6.07) is 13.4. The maximum absolute atomic E-state index is 13.0. The third-order valence-corrected chi connectivity index (χ3v) is 3.88. The molecule has 0 fully saturated rings.